The maximum absolute atomic E-state index is 13.9. The van der Waals surface area contributed by atoms with Gasteiger partial charge in [-0.3, -0.25) is 9.10 Å². The summed E-state index contributed by atoms with van der Waals surface area (Å²) in [7, 11) is -3.78. The molecule has 8 heteroatoms. The van der Waals surface area contributed by atoms with Gasteiger partial charge in [-0.2, -0.15) is 11.8 Å². The van der Waals surface area contributed by atoms with Crippen LogP contribution in [0.15, 0.2) is 48.5 Å². The summed E-state index contributed by atoms with van der Waals surface area (Å²) in [5.74, 6) is 0.364. The monoisotopic (exact) mass is 410 g/mol. The van der Waals surface area contributed by atoms with Crippen molar-refractivity contribution in [2.24, 2.45) is 0 Å². The Labute approximate surface area is 164 Å². The number of benzene rings is 2. The molecule has 146 valence electrons. The Hall–Kier alpha value is -2.06. The zero-order valence-electron chi connectivity index (χ0n) is 15.3. The lowest BCUT2D eigenvalue weighted by Gasteiger charge is -2.22. The Morgan fingerprint density at radius 3 is 2.44 bits per heavy atom. The predicted molar refractivity (Wildman–Crippen MR) is 109 cm³/mol. The largest absolute Gasteiger partial charge is 0.354 e. The van der Waals surface area contributed by atoms with E-state index < -0.39 is 28.3 Å². The lowest BCUT2D eigenvalue weighted by molar-refractivity contribution is -0.119. The van der Waals surface area contributed by atoms with E-state index in [9.17, 15) is 17.6 Å². The normalized spacial score (nSPS) is 11.2. The highest BCUT2D eigenvalue weighted by Crippen LogP contribution is 2.21. The molecule has 0 atom stereocenters. The van der Waals surface area contributed by atoms with Crippen molar-refractivity contribution in [2.75, 3.05) is 29.4 Å². The SMILES string of the molecule is Cc1ccc(CSCCNC(=O)CN(c2ccccc2F)S(C)(=O)=O)cc1. The van der Waals surface area contributed by atoms with Crippen molar-refractivity contribution in [1.82, 2.24) is 5.32 Å². The lowest BCUT2D eigenvalue weighted by atomic mass is 10.2. The number of thioether (sulfide) groups is 1. The van der Waals surface area contributed by atoms with E-state index in [0.717, 1.165) is 22.4 Å². The summed E-state index contributed by atoms with van der Waals surface area (Å²) < 4.78 is 38.6. The van der Waals surface area contributed by atoms with Crippen LogP contribution in [0.5, 0.6) is 0 Å². The molecule has 0 aliphatic rings. The van der Waals surface area contributed by atoms with Crippen LogP contribution >= 0.6 is 11.8 Å². The number of anilines is 1. The first-order valence-corrected chi connectivity index (χ1v) is 11.4. The van der Waals surface area contributed by atoms with Crippen LogP contribution in [0.25, 0.3) is 0 Å². The molecule has 0 saturated carbocycles. The van der Waals surface area contributed by atoms with E-state index in [-0.39, 0.29) is 5.69 Å². The molecule has 0 radical (unpaired) electrons. The Kier molecular flexibility index (Phi) is 7.67. The first-order valence-electron chi connectivity index (χ1n) is 8.39. The number of rotatable bonds is 9. The van der Waals surface area contributed by atoms with Crippen LogP contribution in [-0.2, 0) is 20.6 Å². The van der Waals surface area contributed by atoms with Crippen molar-refractivity contribution in [3.63, 3.8) is 0 Å². The number of aryl methyl sites for hydroxylation is 1. The molecular weight excluding hydrogens is 387 g/mol. The lowest BCUT2D eigenvalue weighted by Crippen LogP contribution is -2.41. The first kappa shape index (κ1) is 21.2. The number of hydrogen-bond acceptors (Lipinski definition) is 4. The Morgan fingerprint density at radius 1 is 1.15 bits per heavy atom. The Balaban J connectivity index is 1.82. The van der Waals surface area contributed by atoms with E-state index in [2.05, 4.69) is 29.6 Å². The summed E-state index contributed by atoms with van der Waals surface area (Å²) in [6, 6.07) is 13.7. The fourth-order valence-electron chi connectivity index (χ4n) is 2.36. The van der Waals surface area contributed by atoms with E-state index in [1.165, 1.54) is 29.3 Å². The van der Waals surface area contributed by atoms with Crippen LogP contribution in [0.3, 0.4) is 0 Å². The summed E-state index contributed by atoms with van der Waals surface area (Å²) in [5, 5.41) is 2.68. The van der Waals surface area contributed by atoms with Crippen molar-refractivity contribution in [3.05, 3.63) is 65.5 Å². The van der Waals surface area contributed by atoms with E-state index in [1.54, 1.807) is 11.8 Å². The molecule has 0 fully saturated rings. The van der Waals surface area contributed by atoms with Gasteiger partial charge in [0.2, 0.25) is 15.9 Å². The van der Waals surface area contributed by atoms with Gasteiger partial charge in [0, 0.05) is 18.1 Å². The maximum Gasteiger partial charge on any atom is 0.240 e. The average Bonchev–Trinajstić information content (AvgIpc) is 2.61. The third-order valence-corrected chi connectivity index (χ3v) is 5.92. The van der Waals surface area contributed by atoms with Crippen molar-refractivity contribution in [3.8, 4) is 0 Å². The molecule has 1 N–H and O–H groups in total. The molecule has 0 aromatic heterocycles. The van der Waals surface area contributed by atoms with Gasteiger partial charge in [0.05, 0.1) is 11.9 Å². The van der Waals surface area contributed by atoms with Crippen LogP contribution in [0, 0.1) is 12.7 Å². The van der Waals surface area contributed by atoms with E-state index in [4.69, 9.17) is 0 Å². The van der Waals surface area contributed by atoms with Crippen LogP contribution < -0.4 is 9.62 Å². The number of hydrogen-bond donors (Lipinski definition) is 1. The van der Waals surface area contributed by atoms with Crippen LogP contribution in [-0.4, -0.2) is 39.4 Å². The van der Waals surface area contributed by atoms with Gasteiger partial charge in [0.25, 0.3) is 0 Å². The van der Waals surface area contributed by atoms with E-state index >= 15 is 0 Å². The fraction of sp³-hybridized carbons (Fsp3) is 0.316. The van der Waals surface area contributed by atoms with Gasteiger partial charge in [-0.05, 0) is 24.6 Å². The van der Waals surface area contributed by atoms with Crippen molar-refractivity contribution >= 4 is 33.4 Å². The fourth-order valence-corrected chi connectivity index (χ4v) is 4.03. The summed E-state index contributed by atoms with van der Waals surface area (Å²) in [6.07, 6.45) is 0.949. The molecule has 2 aromatic rings. The number of carbonyl (C=O) groups excluding carboxylic acids is 1. The number of sulfonamides is 1. The molecule has 1 amide bonds. The summed E-state index contributed by atoms with van der Waals surface area (Å²) >= 11 is 1.67. The second-order valence-electron chi connectivity index (χ2n) is 6.11. The molecule has 0 aliphatic carbocycles. The standard InChI is InChI=1S/C19H23FN2O3S2/c1-15-7-9-16(10-8-15)14-26-12-11-21-19(23)13-22(27(2,24)25)18-6-4-3-5-17(18)20/h3-10H,11-14H2,1-2H3,(H,21,23). The highest BCUT2D eigenvalue weighted by molar-refractivity contribution is 7.98. The van der Waals surface area contributed by atoms with Gasteiger partial charge in [0.15, 0.2) is 0 Å². The van der Waals surface area contributed by atoms with Gasteiger partial charge in [-0.15, -0.1) is 0 Å². The smallest absolute Gasteiger partial charge is 0.240 e. The van der Waals surface area contributed by atoms with E-state index in [0.29, 0.717) is 12.3 Å². The Morgan fingerprint density at radius 2 is 1.81 bits per heavy atom. The highest BCUT2D eigenvalue weighted by Gasteiger charge is 2.23. The van der Waals surface area contributed by atoms with Crippen molar-refractivity contribution < 1.29 is 17.6 Å². The summed E-state index contributed by atoms with van der Waals surface area (Å²) in [6.45, 7) is 1.99. The first-order chi connectivity index (χ1) is 12.8. The second kappa shape index (κ2) is 9.75. The van der Waals surface area contributed by atoms with Gasteiger partial charge < -0.3 is 5.32 Å². The molecule has 5 nitrogen and oxygen atoms in total. The number of nitrogens with one attached hydrogen (secondary N) is 1. The number of para-hydroxylation sites is 1. The second-order valence-corrected chi connectivity index (χ2v) is 9.12. The molecule has 2 rings (SSSR count). The molecule has 0 saturated heterocycles. The minimum Gasteiger partial charge on any atom is -0.354 e. The third kappa shape index (κ3) is 6.88. The number of nitrogens with zero attached hydrogens (tertiary/aromatic N) is 1. The molecule has 0 bridgehead atoms. The van der Waals surface area contributed by atoms with Gasteiger partial charge in [0.1, 0.15) is 12.4 Å². The van der Waals surface area contributed by atoms with Crippen LogP contribution in [0.4, 0.5) is 10.1 Å². The maximum atomic E-state index is 13.9. The topological polar surface area (TPSA) is 66.5 Å². The van der Waals surface area contributed by atoms with Crippen LogP contribution in [0.1, 0.15) is 11.1 Å². The average molecular weight is 411 g/mol. The van der Waals surface area contributed by atoms with Gasteiger partial charge in [-0.25, -0.2) is 12.8 Å². The molecule has 0 aliphatic heterocycles. The molecule has 27 heavy (non-hydrogen) atoms. The zero-order chi connectivity index (χ0) is 19.9. The quantitative estimate of drug-likeness (QED) is 0.646. The molecule has 2 aromatic carbocycles. The van der Waals surface area contributed by atoms with Crippen LogP contribution in [0.2, 0.25) is 0 Å². The molecule has 0 spiro atoms. The Bertz CT molecular complexity index is 871. The minimum atomic E-state index is -3.78. The number of halogens is 1. The van der Waals surface area contributed by atoms with Gasteiger partial charge in [-0.1, -0.05) is 42.0 Å². The molecule has 0 unspecified atom stereocenters. The molecule has 0 heterocycles. The molecular formula is C19H23FN2O3S2. The van der Waals surface area contributed by atoms with E-state index in [1.807, 2.05) is 6.92 Å². The van der Waals surface area contributed by atoms with Crippen molar-refractivity contribution in [1.29, 1.82) is 0 Å². The van der Waals surface area contributed by atoms with Gasteiger partial charge >= 0.3 is 0 Å². The summed E-state index contributed by atoms with van der Waals surface area (Å²) in [4.78, 5) is 12.1. The number of amides is 1. The predicted octanol–water partition coefficient (Wildman–Crippen LogP) is 2.95. The zero-order valence-corrected chi connectivity index (χ0v) is 16.9. The summed E-state index contributed by atoms with van der Waals surface area (Å²) in [5.41, 5.74) is 2.28. The number of carbonyl (C=O) groups is 1. The third-order valence-electron chi connectivity index (χ3n) is 3.77. The highest BCUT2D eigenvalue weighted by atomic mass is 32.2. The minimum absolute atomic E-state index is 0.135. The van der Waals surface area contributed by atoms with Crippen molar-refractivity contribution in [2.45, 2.75) is 12.7 Å².